The highest BCUT2D eigenvalue weighted by Gasteiger charge is 2.09. The number of carbonyl (C=O) groups is 1. The molecule has 3 aromatic carbocycles. The number of hydrogen-bond acceptors (Lipinski definition) is 4. The van der Waals surface area contributed by atoms with E-state index in [0.29, 0.717) is 11.5 Å². The van der Waals surface area contributed by atoms with E-state index in [1.807, 2.05) is 79.7 Å². The van der Waals surface area contributed by atoms with Crippen LogP contribution in [0, 0.1) is 6.92 Å². The summed E-state index contributed by atoms with van der Waals surface area (Å²) in [6, 6.07) is 19.5. The van der Waals surface area contributed by atoms with E-state index in [9.17, 15) is 4.79 Å². The first-order valence-corrected chi connectivity index (χ1v) is 10.6. The molecule has 0 atom stereocenters. The lowest BCUT2D eigenvalue weighted by molar-refractivity contribution is -0.110. The fraction of sp³-hybridized carbons (Fsp3) is 0.138. The number of benzene rings is 3. The SMILES string of the molecule is COc1ccc(/C=C/c2cc(OC)cc(OC)c2/C=C/C(=O)/C=C/c2cccc(C)c2)cc1. The lowest BCUT2D eigenvalue weighted by Crippen LogP contribution is -1.94. The Hall–Kier alpha value is -4.05. The second-order valence-electron chi connectivity index (χ2n) is 7.42. The van der Waals surface area contributed by atoms with Crippen molar-refractivity contribution >= 4 is 30.1 Å². The first-order chi connectivity index (χ1) is 16.0. The zero-order valence-corrected chi connectivity index (χ0v) is 19.4. The van der Waals surface area contributed by atoms with Gasteiger partial charge in [0.15, 0.2) is 5.78 Å². The average molecular weight is 441 g/mol. The standard InChI is InChI=1S/C29H28O4/c1-21-6-5-7-23(18-21)9-13-25(30)14-17-28-24(19-27(32-3)20-29(28)33-4)12-8-22-10-15-26(31-2)16-11-22/h5-20H,1-4H3/b12-8+,13-9+,17-14+. The van der Waals surface area contributed by atoms with Crippen LogP contribution in [0.2, 0.25) is 0 Å². The molecule has 168 valence electrons. The van der Waals surface area contributed by atoms with Gasteiger partial charge in [0.2, 0.25) is 0 Å². The van der Waals surface area contributed by atoms with Crippen molar-refractivity contribution in [3.05, 3.63) is 101 Å². The van der Waals surface area contributed by atoms with Crippen LogP contribution in [0.25, 0.3) is 24.3 Å². The zero-order chi connectivity index (χ0) is 23.6. The number of aryl methyl sites for hydroxylation is 1. The molecule has 0 aliphatic rings. The Labute approximate surface area is 195 Å². The van der Waals surface area contributed by atoms with Gasteiger partial charge in [-0.2, -0.15) is 0 Å². The third-order valence-corrected chi connectivity index (χ3v) is 5.07. The molecule has 3 rings (SSSR count). The van der Waals surface area contributed by atoms with Gasteiger partial charge in [-0.1, -0.05) is 60.2 Å². The third-order valence-electron chi connectivity index (χ3n) is 5.07. The molecule has 0 unspecified atom stereocenters. The van der Waals surface area contributed by atoms with Crippen molar-refractivity contribution in [2.75, 3.05) is 21.3 Å². The van der Waals surface area contributed by atoms with Crippen LogP contribution in [-0.2, 0) is 4.79 Å². The molecule has 3 aromatic rings. The van der Waals surface area contributed by atoms with Crippen LogP contribution < -0.4 is 14.2 Å². The maximum absolute atomic E-state index is 12.5. The zero-order valence-electron chi connectivity index (χ0n) is 19.4. The van der Waals surface area contributed by atoms with E-state index in [1.54, 1.807) is 45.6 Å². The second kappa shape index (κ2) is 11.5. The van der Waals surface area contributed by atoms with Crippen molar-refractivity contribution in [1.29, 1.82) is 0 Å². The minimum absolute atomic E-state index is 0.112. The number of carbonyl (C=O) groups excluding carboxylic acids is 1. The third kappa shape index (κ3) is 6.71. The van der Waals surface area contributed by atoms with E-state index in [1.165, 1.54) is 0 Å². The normalized spacial score (nSPS) is 11.4. The number of rotatable bonds is 9. The van der Waals surface area contributed by atoms with Gasteiger partial charge in [-0.25, -0.2) is 0 Å². The monoisotopic (exact) mass is 440 g/mol. The highest BCUT2D eigenvalue weighted by Crippen LogP contribution is 2.31. The Kier molecular flexibility index (Phi) is 8.25. The lowest BCUT2D eigenvalue weighted by atomic mass is 10.0. The summed E-state index contributed by atoms with van der Waals surface area (Å²) in [6.07, 6.45) is 10.7. The lowest BCUT2D eigenvalue weighted by Gasteiger charge is -2.11. The molecule has 0 spiro atoms. The minimum Gasteiger partial charge on any atom is -0.497 e. The summed E-state index contributed by atoms with van der Waals surface area (Å²) >= 11 is 0. The quantitative estimate of drug-likeness (QED) is 0.282. The van der Waals surface area contributed by atoms with E-state index in [2.05, 4.69) is 0 Å². The van der Waals surface area contributed by atoms with Crippen molar-refractivity contribution in [3.63, 3.8) is 0 Å². The summed E-state index contributed by atoms with van der Waals surface area (Å²) in [5.74, 6) is 1.98. The highest BCUT2D eigenvalue weighted by atomic mass is 16.5. The van der Waals surface area contributed by atoms with Gasteiger partial charge in [-0.05, 0) is 60.0 Å². The van der Waals surface area contributed by atoms with E-state index in [4.69, 9.17) is 14.2 Å². The molecule has 0 amide bonds. The molecule has 0 aromatic heterocycles. The van der Waals surface area contributed by atoms with Crippen LogP contribution in [0.15, 0.2) is 72.8 Å². The maximum Gasteiger partial charge on any atom is 0.178 e. The van der Waals surface area contributed by atoms with E-state index < -0.39 is 0 Å². The Morgan fingerprint density at radius 2 is 1.42 bits per heavy atom. The molecule has 0 saturated heterocycles. The van der Waals surface area contributed by atoms with Gasteiger partial charge < -0.3 is 14.2 Å². The van der Waals surface area contributed by atoms with Gasteiger partial charge in [0, 0.05) is 11.6 Å². The van der Waals surface area contributed by atoms with Crippen molar-refractivity contribution in [2.24, 2.45) is 0 Å². The molecule has 0 aliphatic carbocycles. The predicted octanol–water partition coefficient (Wildman–Crippen LogP) is 6.49. The van der Waals surface area contributed by atoms with Gasteiger partial charge in [0.25, 0.3) is 0 Å². The maximum atomic E-state index is 12.5. The van der Waals surface area contributed by atoms with E-state index in [-0.39, 0.29) is 5.78 Å². The van der Waals surface area contributed by atoms with Gasteiger partial charge in [0.1, 0.15) is 17.2 Å². The van der Waals surface area contributed by atoms with Crippen LogP contribution in [0.1, 0.15) is 27.8 Å². The molecule has 0 heterocycles. The number of allylic oxidation sites excluding steroid dienone is 2. The largest absolute Gasteiger partial charge is 0.497 e. The van der Waals surface area contributed by atoms with Crippen LogP contribution in [0.3, 0.4) is 0 Å². The Morgan fingerprint density at radius 3 is 2.09 bits per heavy atom. The molecule has 0 aliphatic heterocycles. The van der Waals surface area contributed by atoms with E-state index >= 15 is 0 Å². The summed E-state index contributed by atoms with van der Waals surface area (Å²) in [6.45, 7) is 2.02. The second-order valence-corrected chi connectivity index (χ2v) is 7.42. The fourth-order valence-electron chi connectivity index (χ4n) is 3.30. The fourth-order valence-corrected chi connectivity index (χ4v) is 3.30. The van der Waals surface area contributed by atoms with Gasteiger partial charge in [-0.3, -0.25) is 4.79 Å². The molecule has 4 nitrogen and oxygen atoms in total. The van der Waals surface area contributed by atoms with Crippen LogP contribution in [-0.4, -0.2) is 27.1 Å². The summed E-state index contributed by atoms with van der Waals surface area (Å²) in [4.78, 5) is 12.5. The predicted molar refractivity (Wildman–Crippen MR) is 136 cm³/mol. The molecule has 0 N–H and O–H groups in total. The van der Waals surface area contributed by atoms with Crippen LogP contribution in [0.5, 0.6) is 17.2 Å². The smallest absolute Gasteiger partial charge is 0.178 e. The topological polar surface area (TPSA) is 44.8 Å². The molecule has 33 heavy (non-hydrogen) atoms. The summed E-state index contributed by atoms with van der Waals surface area (Å²) in [5.41, 5.74) is 4.82. The molecule has 4 heteroatoms. The Morgan fingerprint density at radius 1 is 0.697 bits per heavy atom. The molecule has 0 fully saturated rings. The summed E-state index contributed by atoms with van der Waals surface area (Å²) in [5, 5.41) is 0. The van der Waals surface area contributed by atoms with Crippen molar-refractivity contribution in [3.8, 4) is 17.2 Å². The molecular weight excluding hydrogens is 412 g/mol. The van der Waals surface area contributed by atoms with Crippen molar-refractivity contribution < 1.29 is 19.0 Å². The number of hydrogen-bond donors (Lipinski definition) is 0. The van der Waals surface area contributed by atoms with Crippen LogP contribution in [0.4, 0.5) is 0 Å². The first kappa shape index (κ1) is 23.6. The Bertz CT molecular complexity index is 1180. The van der Waals surface area contributed by atoms with Gasteiger partial charge in [0.05, 0.1) is 21.3 Å². The minimum atomic E-state index is -0.112. The van der Waals surface area contributed by atoms with Gasteiger partial charge in [-0.15, -0.1) is 0 Å². The Balaban J connectivity index is 1.88. The molecular formula is C29H28O4. The molecule has 0 bridgehead atoms. The summed E-state index contributed by atoms with van der Waals surface area (Å²) < 4.78 is 16.2. The van der Waals surface area contributed by atoms with Crippen molar-refractivity contribution in [1.82, 2.24) is 0 Å². The van der Waals surface area contributed by atoms with Gasteiger partial charge >= 0.3 is 0 Å². The summed E-state index contributed by atoms with van der Waals surface area (Å²) in [7, 11) is 4.85. The number of ether oxygens (including phenoxy) is 3. The van der Waals surface area contributed by atoms with E-state index in [0.717, 1.165) is 33.6 Å². The molecule has 0 saturated carbocycles. The molecule has 0 radical (unpaired) electrons. The number of methoxy groups -OCH3 is 3. The number of ketones is 1. The highest BCUT2D eigenvalue weighted by molar-refractivity contribution is 6.05. The average Bonchev–Trinajstić information content (AvgIpc) is 2.85. The van der Waals surface area contributed by atoms with Crippen molar-refractivity contribution in [2.45, 2.75) is 6.92 Å². The van der Waals surface area contributed by atoms with Crippen LogP contribution >= 0.6 is 0 Å². The first-order valence-electron chi connectivity index (χ1n) is 10.6.